The fourth-order valence-corrected chi connectivity index (χ4v) is 1.88. The number of hydrogen-bond donors (Lipinski definition) is 0. The quantitative estimate of drug-likeness (QED) is 0.706. The second-order valence-electron chi connectivity index (χ2n) is 3.74. The summed E-state index contributed by atoms with van der Waals surface area (Å²) in [6, 6.07) is 9.43. The maximum Gasteiger partial charge on any atom is 0.199 e. The fourth-order valence-electron chi connectivity index (χ4n) is 1.88. The van der Waals surface area contributed by atoms with Crippen molar-refractivity contribution in [2.45, 2.75) is 25.1 Å². The van der Waals surface area contributed by atoms with Crippen LogP contribution in [0.3, 0.4) is 0 Å². The van der Waals surface area contributed by atoms with Crippen LogP contribution in [0.4, 0.5) is 4.39 Å². The van der Waals surface area contributed by atoms with Crippen LogP contribution in [-0.2, 0) is 4.74 Å². The average molecular weight is 205 g/mol. The van der Waals surface area contributed by atoms with E-state index in [1.165, 1.54) is 0 Å². The molecule has 0 spiro atoms. The molecule has 0 aliphatic carbocycles. The third-order valence-corrected chi connectivity index (χ3v) is 2.75. The molecule has 2 atom stereocenters. The lowest BCUT2D eigenvalue weighted by Crippen LogP contribution is -2.20. The third kappa shape index (κ3) is 2.34. The molecule has 0 aromatic heterocycles. The Morgan fingerprint density at radius 3 is 2.67 bits per heavy atom. The van der Waals surface area contributed by atoms with Crippen LogP contribution < -0.4 is 0 Å². The molecule has 1 heterocycles. The predicted octanol–water partition coefficient (Wildman–Crippen LogP) is 2.75. The molecule has 1 saturated heterocycles. The molecule has 0 radical (unpaired) electrons. The standard InChI is InChI=1S/C12H12FNO/c13-12-7-11(5-6-15-12)10-3-1-9(8-14)2-4-10/h1-4,11-12H,5-7H2. The molecule has 0 N–H and O–H groups in total. The van der Waals surface area contributed by atoms with E-state index in [0.29, 0.717) is 18.6 Å². The normalized spacial score (nSPS) is 25.9. The van der Waals surface area contributed by atoms with Crippen molar-refractivity contribution < 1.29 is 9.13 Å². The Balaban J connectivity index is 2.12. The largest absolute Gasteiger partial charge is 0.348 e. The van der Waals surface area contributed by atoms with Crippen LogP contribution in [0.1, 0.15) is 29.9 Å². The van der Waals surface area contributed by atoms with Gasteiger partial charge < -0.3 is 4.74 Å². The van der Waals surface area contributed by atoms with Gasteiger partial charge in [0.1, 0.15) is 0 Å². The lowest BCUT2D eigenvalue weighted by atomic mass is 9.91. The molecule has 0 bridgehead atoms. The van der Waals surface area contributed by atoms with E-state index in [9.17, 15) is 4.39 Å². The van der Waals surface area contributed by atoms with Crippen molar-refractivity contribution in [3.8, 4) is 6.07 Å². The first kappa shape index (κ1) is 10.1. The van der Waals surface area contributed by atoms with Gasteiger partial charge in [-0.25, -0.2) is 4.39 Å². The summed E-state index contributed by atoms with van der Waals surface area (Å²) in [6.07, 6.45) is 0.137. The zero-order valence-electron chi connectivity index (χ0n) is 8.32. The van der Waals surface area contributed by atoms with Gasteiger partial charge in [0.15, 0.2) is 6.36 Å². The summed E-state index contributed by atoms with van der Waals surface area (Å²) in [4.78, 5) is 0. The van der Waals surface area contributed by atoms with E-state index >= 15 is 0 Å². The van der Waals surface area contributed by atoms with Crippen LogP contribution in [0.5, 0.6) is 0 Å². The van der Waals surface area contributed by atoms with E-state index in [0.717, 1.165) is 12.0 Å². The van der Waals surface area contributed by atoms with Crippen LogP contribution in [0.25, 0.3) is 0 Å². The zero-order chi connectivity index (χ0) is 10.7. The first-order valence-electron chi connectivity index (χ1n) is 5.05. The smallest absolute Gasteiger partial charge is 0.199 e. The Morgan fingerprint density at radius 1 is 1.33 bits per heavy atom. The summed E-state index contributed by atoms with van der Waals surface area (Å²) in [5.41, 5.74) is 1.74. The molecule has 1 aliphatic rings. The minimum Gasteiger partial charge on any atom is -0.348 e. The molecule has 1 aliphatic heterocycles. The van der Waals surface area contributed by atoms with Gasteiger partial charge >= 0.3 is 0 Å². The number of nitrogens with zero attached hydrogens (tertiary/aromatic N) is 1. The zero-order valence-corrected chi connectivity index (χ0v) is 8.32. The van der Waals surface area contributed by atoms with Crippen LogP contribution >= 0.6 is 0 Å². The molecule has 0 amide bonds. The van der Waals surface area contributed by atoms with Gasteiger partial charge in [-0.15, -0.1) is 0 Å². The molecule has 2 nitrogen and oxygen atoms in total. The minimum absolute atomic E-state index is 0.224. The molecule has 2 rings (SSSR count). The van der Waals surface area contributed by atoms with Gasteiger partial charge in [0, 0.05) is 6.42 Å². The highest BCUT2D eigenvalue weighted by molar-refractivity contribution is 5.33. The van der Waals surface area contributed by atoms with Crippen molar-refractivity contribution in [2.24, 2.45) is 0 Å². The number of nitriles is 1. The van der Waals surface area contributed by atoms with E-state index in [4.69, 9.17) is 10.00 Å². The van der Waals surface area contributed by atoms with Gasteiger partial charge in [-0.3, -0.25) is 0 Å². The lowest BCUT2D eigenvalue weighted by Gasteiger charge is -2.25. The van der Waals surface area contributed by atoms with Crippen LogP contribution in [0, 0.1) is 11.3 Å². The Bertz CT molecular complexity index is 368. The number of halogens is 1. The number of benzene rings is 1. The first-order chi connectivity index (χ1) is 7.29. The second kappa shape index (κ2) is 4.41. The van der Waals surface area contributed by atoms with Crippen molar-refractivity contribution in [2.75, 3.05) is 6.61 Å². The Kier molecular flexibility index (Phi) is 2.98. The Morgan fingerprint density at radius 2 is 2.07 bits per heavy atom. The SMILES string of the molecule is N#Cc1ccc(C2CCOC(F)C2)cc1. The lowest BCUT2D eigenvalue weighted by molar-refractivity contribution is -0.0749. The van der Waals surface area contributed by atoms with Crippen molar-refractivity contribution in [1.82, 2.24) is 0 Å². The summed E-state index contributed by atoms with van der Waals surface area (Å²) >= 11 is 0. The van der Waals surface area contributed by atoms with Crippen molar-refractivity contribution >= 4 is 0 Å². The summed E-state index contributed by atoms with van der Waals surface area (Å²) in [6.45, 7) is 0.478. The van der Waals surface area contributed by atoms with E-state index in [1.807, 2.05) is 12.1 Å². The van der Waals surface area contributed by atoms with E-state index in [1.54, 1.807) is 12.1 Å². The third-order valence-electron chi connectivity index (χ3n) is 2.75. The number of ether oxygens (including phenoxy) is 1. The molecule has 3 heteroatoms. The summed E-state index contributed by atoms with van der Waals surface area (Å²) < 4.78 is 17.8. The maximum atomic E-state index is 13.0. The van der Waals surface area contributed by atoms with E-state index in [2.05, 4.69) is 6.07 Å². The molecule has 2 unspecified atom stereocenters. The van der Waals surface area contributed by atoms with Gasteiger partial charge in [-0.05, 0) is 30.0 Å². The molecule has 1 aromatic carbocycles. The number of hydrogen-bond acceptors (Lipinski definition) is 2. The topological polar surface area (TPSA) is 33.0 Å². The molecule has 78 valence electrons. The van der Waals surface area contributed by atoms with Gasteiger partial charge in [-0.2, -0.15) is 5.26 Å². The molecule has 15 heavy (non-hydrogen) atoms. The fraction of sp³-hybridized carbons (Fsp3) is 0.417. The maximum absolute atomic E-state index is 13.0. The monoisotopic (exact) mass is 205 g/mol. The van der Waals surface area contributed by atoms with Gasteiger partial charge in [0.25, 0.3) is 0 Å². The summed E-state index contributed by atoms with van der Waals surface area (Å²) in [5.74, 6) is 0.224. The highest BCUT2D eigenvalue weighted by Crippen LogP contribution is 2.30. The molecular formula is C12H12FNO. The highest BCUT2D eigenvalue weighted by Gasteiger charge is 2.22. The average Bonchev–Trinajstić information content (AvgIpc) is 2.29. The summed E-state index contributed by atoms with van der Waals surface area (Å²) in [5, 5.41) is 8.65. The minimum atomic E-state index is -1.14. The van der Waals surface area contributed by atoms with E-state index < -0.39 is 6.36 Å². The van der Waals surface area contributed by atoms with Crippen LogP contribution in [0.2, 0.25) is 0 Å². The number of rotatable bonds is 1. The van der Waals surface area contributed by atoms with Crippen LogP contribution in [-0.4, -0.2) is 13.0 Å². The van der Waals surface area contributed by atoms with Crippen LogP contribution in [0.15, 0.2) is 24.3 Å². The summed E-state index contributed by atoms with van der Waals surface area (Å²) in [7, 11) is 0. The van der Waals surface area contributed by atoms with Gasteiger partial charge in [-0.1, -0.05) is 12.1 Å². The van der Waals surface area contributed by atoms with E-state index in [-0.39, 0.29) is 5.92 Å². The Labute approximate surface area is 88.3 Å². The van der Waals surface area contributed by atoms with Crippen molar-refractivity contribution in [1.29, 1.82) is 5.26 Å². The second-order valence-corrected chi connectivity index (χ2v) is 3.74. The van der Waals surface area contributed by atoms with Crippen molar-refractivity contribution in [3.05, 3.63) is 35.4 Å². The van der Waals surface area contributed by atoms with Gasteiger partial charge in [0.2, 0.25) is 0 Å². The molecular weight excluding hydrogens is 193 g/mol. The van der Waals surface area contributed by atoms with Gasteiger partial charge in [0.05, 0.1) is 18.2 Å². The predicted molar refractivity (Wildman–Crippen MR) is 54.0 cm³/mol. The highest BCUT2D eigenvalue weighted by atomic mass is 19.1. The first-order valence-corrected chi connectivity index (χ1v) is 5.05. The number of alkyl halides is 1. The Hall–Kier alpha value is -1.40. The molecule has 1 fully saturated rings. The molecule has 0 saturated carbocycles. The molecule has 1 aromatic rings. The van der Waals surface area contributed by atoms with Crippen molar-refractivity contribution in [3.63, 3.8) is 0 Å².